The van der Waals surface area contributed by atoms with Crippen LogP contribution >= 0.6 is 0 Å². The van der Waals surface area contributed by atoms with Gasteiger partial charge >= 0.3 is 0 Å². The van der Waals surface area contributed by atoms with Crippen LogP contribution in [-0.4, -0.2) is 35.8 Å². The van der Waals surface area contributed by atoms with Gasteiger partial charge in [-0.3, -0.25) is 9.59 Å². The third kappa shape index (κ3) is 2.47. The highest BCUT2D eigenvalue weighted by Crippen LogP contribution is 2.46. The molecule has 0 aromatic heterocycles. The van der Waals surface area contributed by atoms with Gasteiger partial charge in [0.1, 0.15) is 0 Å². The summed E-state index contributed by atoms with van der Waals surface area (Å²) in [7, 11) is 0. The van der Waals surface area contributed by atoms with E-state index >= 15 is 0 Å². The van der Waals surface area contributed by atoms with E-state index < -0.39 is 11.3 Å². The van der Waals surface area contributed by atoms with E-state index in [-0.39, 0.29) is 18.5 Å². The number of nitrogens with zero attached hydrogens (tertiary/aromatic N) is 1. The maximum atomic E-state index is 12.1. The number of carbonyl (C=O) groups is 2. The molecule has 0 atom stereocenters. The summed E-state index contributed by atoms with van der Waals surface area (Å²) in [5, 5.41) is 0. The van der Waals surface area contributed by atoms with Gasteiger partial charge < -0.3 is 16.4 Å². The van der Waals surface area contributed by atoms with Crippen LogP contribution in [0.1, 0.15) is 26.7 Å². The molecule has 1 saturated carbocycles. The Morgan fingerprint density at radius 1 is 1.40 bits per heavy atom. The molecule has 0 heterocycles. The average Bonchev–Trinajstić information content (AvgIpc) is 2.93. The molecule has 0 aromatic rings. The zero-order valence-electron chi connectivity index (χ0n) is 9.32. The van der Waals surface area contributed by atoms with Gasteiger partial charge in [-0.1, -0.05) is 0 Å². The second kappa shape index (κ2) is 4.18. The van der Waals surface area contributed by atoms with Crippen LogP contribution in [0.25, 0.3) is 0 Å². The van der Waals surface area contributed by atoms with Crippen LogP contribution in [0.5, 0.6) is 0 Å². The number of carbonyl (C=O) groups excluding carboxylic acids is 2. The predicted molar refractivity (Wildman–Crippen MR) is 56.8 cm³/mol. The molecule has 0 radical (unpaired) electrons. The SMILES string of the molecule is CC(C)N(CC(N)=O)C(=O)C1(CN)CC1. The first-order valence-corrected chi connectivity index (χ1v) is 5.22. The predicted octanol–water partition coefficient (Wildman–Crippen LogP) is -0.552. The largest absolute Gasteiger partial charge is 0.368 e. The lowest BCUT2D eigenvalue weighted by Gasteiger charge is -2.29. The standard InChI is InChI=1S/C10H19N3O2/c1-7(2)13(5-8(12)14)9(15)10(6-11)3-4-10/h7H,3-6,11H2,1-2H3,(H2,12,14). The molecule has 5 nitrogen and oxygen atoms in total. The van der Waals surface area contributed by atoms with Gasteiger partial charge in [0.25, 0.3) is 0 Å². The molecular weight excluding hydrogens is 194 g/mol. The maximum absolute atomic E-state index is 12.1. The number of primary amides is 1. The van der Waals surface area contributed by atoms with Crippen molar-refractivity contribution in [3.05, 3.63) is 0 Å². The van der Waals surface area contributed by atoms with E-state index in [0.717, 1.165) is 12.8 Å². The maximum Gasteiger partial charge on any atom is 0.237 e. The first-order chi connectivity index (χ1) is 6.93. The zero-order chi connectivity index (χ0) is 11.6. The van der Waals surface area contributed by atoms with Crippen molar-refractivity contribution in [3.8, 4) is 0 Å². The van der Waals surface area contributed by atoms with Gasteiger partial charge in [0, 0.05) is 12.6 Å². The van der Waals surface area contributed by atoms with Crippen LogP contribution in [0.4, 0.5) is 0 Å². The summed E-state index contributed by atoms with van der Waals surface area (Å²) in [6.07, 6.45) is 1.65. The Balaban J connectivity index is 2.72. The van der Waals surface area contributed by atoms with Crippen molar-refractivity contribution in [2.75, 3.05) is 13.1 Å². The quantitative estimate of drug-likeness (QED) is 0.642. The minimum Gasteiger partial charge on any atom is -0.368 e. The van der Waals surface area contributed by atoms with Crippen LogP contribution in [0.3, 0.4) is 0 Å². The van der Waals surface area contributed by atoms with Crippen molar-refractivity contribution in [2.45, 2.75) is 32.7 Å². The molecule has 0 bridgehead atoms. The Hall–Kier alpha value is -1.10. The summed E-state index contributed by atoms with van der Waals surface area (Å²) in [6.45, 7) is 4.08. The number of hydrogen-bond donors (Lipinski definition) is 2. The molecule has 1 rings (SSSR count). The van der Waals surface area contributed by atoms with Gasteiger partial charge in [-0.15, -0.1) is 0 Å². The Morgan fingerprint density at radius 3 is 2.20 bits per heavy atom. The van der Waals surface area contributed by atoms with Crippen LogP contribution in [-0.2, 0) is 9.59 Å². The van der Waals surface area contributed by atoms with Crippen LogP contribution in [0.15, 0.2) is 0 Å². The average molecular weight is 213 g/mol. The van der Waals surface area contributed by atoms with E-state index in [4.69, 9.17) is 11.5 Å². The van der Waals surface area contributed by atoms with Gasteiger partial charge in [-0.25, -0.2) is 0 Å². The highest BCUT2D eigenvalue weighted by atomic mass is 16.2. The van der Waals surface area contributed by atoms with Crippen molar-refractivity contribution >= 4 is 11.8 Å². The molecule has 0 aliphatic heterocycles. The number of rotatable bonds is 5. The summed E-state index contributed by atoms with van der Waals surface area (Å²) in [6, 6.07) is -0.0194. The van der Waals surface area contributed by atoms with E-state index in [1.807, 2.05) is 13.8 Å². The van der Waals surface area contributed by atoms with Crippen LogP contribution < -0.4 is 11.5 Å². The molecule has 0 saturated heterocycles. The number of hydrogen-bond acceptors (Lipinski definition) is 3. The fourth-order valence-electron chi connectivity index (χ4n) is 1.62. The molecule has 1 aliphatic rings. The molecular formula is C10H19N3O2. The van der Waals surface area contributed by atoms with Gasteiger partial charge in [-0.05, 0) is 26.7 Å². The second-order valence-corrected chi connectivity index (χ2v) is 4.48. The van der Waals surface area contributed by atoms with E-state index in [0.29, 0.717) is 6.54 Å². The highest BCUT2D eigenvalue weighted by molar-refractivity contribution is 5.89. The van der Waals surface area contributed by atoms with E-state index in [1.165, 1.54) is 4.90 Å². The topological polar surface area (TPSA) is 89.4 Å². The summed E-state index contributed by atoms with van der Waals surface area (Å²) in [4.78, 5) is 24.4. The lowest BCUT2D eigenvalue weighted by Crippen LogP contribution is -2.47. The molecule has 15 heavy (non-hydrogen) atoms. The van der Waals surface area contributed by atoms with Crippen LogP contribution in [0, 0.1) is 5.41 Å². The Bertz CT molecular complexity index is 272. The Morgan fingerprint density at radius 2 is 1.93 bits per heavy atom. The second-order valence-electron chi connectivity index (χ2n) is 4.48. The molecule has 5 heteroatoms. The summed E-state index contributed by atoms with van der Waals surface area (Å²) >= 11 is 0. The molecule has 2 amide bonds. The molecule has 86 valence electrons. The van der Waals surface area contributed by atoms with Crippen molar-refractivity contribution in [3.63, 3.8) is 0 Å². The summed E-state index contributed by atoms with van der Waals surface area (Å²) < 4.78 is 0. The van der Waals surface area contributed by atoms with Crippen molar-refractivity contribution in [1.82, 2.24) is 4.90 Å². The Labute approximate surface area is 89.8 Å². The molecule has 0 aromatic carbocycles. The minimum atomic E-state index is -0.482. The fourth-order valence-corrected chi connectivity index (χ4v) is 1.62. The lowest BCUT2D eigenvalue weighted by molar-refractivity contribution is -0.141. The molecule has 0 unspecified atom stereocenters. The highest BCUT2D eigenvalue weighted by Gasteiger charge is 2.50. The first-order valence-electron chi connectivity index (χ1n) is 5.22. The van der Waals surface area contributed by atoms with Crippen molar-refractivity contribution < 1.29 is 9.59 Å². The molecule has 1 aliphatic carbocycles. The lowest BCUT2D eigenvalue weighted by atomic mass is 10.0. The summed E-state index contributed by atoms with van der Waals surface area (Å²) in [5.74, 6) is -0.510. The number of nitrogens with two attached hydrogens (primary N) is 2. The fraction of sp³-hybridized carbons (Fsp3) is 0.800. The van der Waals surface area contributed by atoms with Gasteiger partial charge in [0.2, 0.25) is 11.8 Å². The number of amides is 2. The zero-order valence-corrected chi connectivity index (χ0v) is 9.32. The van der Waals surface area contributed by atoms with E-state index in [1.54, 1.807) is 0 Å². The molecule has 1 fully saturated rings. The first kappa shape index (κ1) is 12.0. The third-order valence-corrected chi connectivity index (χ3v) is 2.91. The van der Waals surface area contributed by atoms with Crippen LogP contribution in [0.2, 0.25) is 0 Å². The molecule has 4 N–H and O–H groups in total. The third-order valence-electron chi connectivity index (χ3n) is 2.91. The van der Waals surface area contributed by atoms with Gasteiger partial charge in [0.15, 0.2) is 0 Å². The van der Waals surface area contributed by atoms with Gasteiger partial charge in [0.05, 0.1) is 12.0 Å². The van der Waals surface area contributed by atoms with Gasteiger partial charge in [-0.2, -0.15) is 0 Å². The van der Waals surface area contributed by atoms with E-state index in [2.05, 4.69) is 0 Å². The normalized spacial score (nSPS) is 17.6. The molecule has 0 spiro atoms. The smallest absolute Gasteiger partial charge is 0.237 e. The minimum absolute atomic E-state index is 0.0156. The van der Waals surface area contributed by atoms with E-state index in [9.17, 15) is 9.59 Å². The van der Waals surface area contributed by atoms with Crippen molar-refractivity contribution in [1.29, 1.82) is 0 Å². The summed E-state index contributed by atoms with van der Waals surface area (Å²) in [5.41, 5.74) is 10.3. The monoisotopic (exact) mass is 213 g/mol. The van der Waals surface area contributed by atoms with Crippen molar-refractivity contribution in [2.24, 2.45) is 16.9 Å². The Kier molecular flexibility index (Phi) is 3.34.